The molecule has 1 heterocycles. The van der Waals surface area contributed by atoms with Crippen molar-refractivity contribution in [1.29, 1.82) is 0 Å². The second-order valence-corrected chi connectivity index (χ2v) is 4.64. The van der Waals surface area contributed by atoms with Crippen LogP contribution in [0, 0.1) is 5.82 Å². The average molecular weight is 275 g/mol. The number of likely N-dealkylation sites (tertiary alicyclic amines) is 1. The van der Waals surface area contributed by atoms with Gasteiger partial charge in [-0.25, -0.2) is 4.39 Å². The van der Waals surface area contributed by atoms with Crippen LogP contribution in [-0.2, 0) is 0 Å². The monoisotopic (exact) mass is 275 g/mol. The number of nitrogens with zero attached hydrogens (tertiary/aromatic N) is 1. The molecule has 1 fully saturated rings. The number of likely N-dealkylation sites (N-methyl/N-ethyl adjacent to an activating group) is 1. The number of halogens is 3. The van der Waals surface area contributed by atoms with Crippen LogP contribution >= 0.6 is 0 Å². The zero-order valence-electron chi connectivity index (χ0n) is 10.5. The second kappa shape index (κ2) is 5.56. The Hall–Kier alpha value is -1.63. The molecule has 1 unspecified atom stereocenters. The Kier molecular flexibility index (Phi) is 4.04. The zero-order chi connectivity index (χ0) is 14.0. The summed E-state index contributed by atoms with van der Waals surface area (Å²) in [5.74, 6) is -1.40. The average Bonchev–Trinajstić information content (AvgIpc) is 2.70. The fourth-order valence-electron chi connectivity index (χ4n) is 2.15. The Morgan fingerprint density at radius 2 is 2.21 bits per heavy atom. The smallest absolute Gasteiger partial charge is 0.387 e. The predicted octanol–water partition coefficient (Wildman–Crippen LogP) is 2.13. The van der Waals surface area contributed by atoms with E-state index in [0.717, 1.165) is 25.6 Å². The van der Waals surface area contributed by atoms with E-state index in [4.69, 9.17) is 5.73 Å². The number of ether oxygens (including phenoxy) is 1. The molecule has 7 heteroatoms. The molecular formula is C12H16F3N3O. The minimum Gasteiger partial charge on any atom is -0.432 e. The highest BCUT2D eigenvalue weighted by molar-refractivity contribution is 5.69. The van der Waals surface area contributed by atoms with E-state index in [1.807, 2.05) is 7.05 Å². The standard InChI is InChI=1S/C12H16F3N3O/c1-18-3-2-7(6-18)17-10-5-11(19-12(14)15)8(13)4-9(10)16/h4-5,7,12,17H,2-3,6,16H2,1H3. The van der Waals surface area contributed by atoms with Gasteiger partial charge in [0.25, 0.3) is 0 Å². The highest BCUT2D eigenvalue weighted by atomic mass is 19.3. The van der Waals surface area contributed by atoms with Gasteiger partial charge >= 0.3 is 6.61 Å². The van der Waals surface area contributed by atoms with Gasteiger partial charge in [0.15, 0.2) is 11.6 Å². The summed E-state index contributed by atoms with van der Waals surface area (Å²) in [6.07, 6.45) is 0.915. The lowest BCUT2D eigenvalue weighted by molar-refractivity contribution is -0.0521. The van der Waals surface area contributed by atoms with Gasteiger partial charge in [0.2, 0.25) is 0 Å². The molecule has 0 bridgehead atoms. The fourth-order valence-corrected chi connectivity index (χ4v) is 2.15. The molecule has 106 valence electrons. The molecular weight excluding hydrogens is 259 g/mol. The molecule has 3 N–H and O–H groups in total. The number of hydrogen-bond acceptors (Lipinski definition) is 4. The van der Waals surface area contributed by atoms with E-state index >= 15 is 0 Å². The number of anilines is 2. The van der Waals surface area contributed by atoms with Gasteiger partial charge in [-0.2, -0.15) is 8.78 Å². The molecule has 0 spiro atoms. The Bertz CT molecular complexity index is 456. The first-order valence-electron chi connectivity index (χ1n) is 5.94. The Labute approximate surface area is 109 Å². The maximum Gasteiger partial charge on any atom is 0.387 e. The SMILES string of the molecule is CN1CCC(Nc2cc(OC(F)F)c(F)cc2N)C1. The first-order chi connectivity index (χ1) is 8.95. The summed E-state index contributed by atoms with van der Waals surface area (Å²) in [7, 11) is 1.99. The molecule has 4 nitrogen and oxygen atoms in total. The van der Waals surface area contributed by atoms with Crippen LogP contribution in [0.3, 0.4) is 0 Å². The molecule has 1 aliphatic rings. The van der Waals surface area contributed by atoms with Crippen molar-refractivity contribution in [2.45, 2.75) is 19.1 Å². The number of rotatable bonds is 4. The third-order valence-electron chi connectivity index (χ3n) is 3.07. The number of hydrogen-bond donors (Lipinski definition) is 2. The predicted molar refractivity (Wildman–Crippen MR) is 67.0 cm³/mol. The number of alkyl halides is 2. The Morgan fingerprint density at radius 3 is 2.79 bits per heavy atom. The van der Waals surface area contributed by atoms with E-state index < -0.39 is 18.2 Å². The van der Waals surface area contributed by atoms with Crippen molar-refractivity contribution in [3.63, 3.8) is 0 Å². The third kappa shape index (κ3) is 3.44. The van der Waals surface area contributed by atoms with Crippen LogP contribution in [0.2, 0.25) is 0 Å². The van der Waals surface area contributed by atoms with E-state index in [-0.39, 0.29) is 11.7 Å². The van der Waals surface area contributed by atoms with Crippen LogP contribution in [0.1, 0.15) is 6.42 Å². The van der Waals surface area contributed by atoms with Gasteiger partial charge in [0.1, 0.15) is 0 Å². The van der Waals surface area contributed by atoms with Gasteiger partial charge in [-0.05, 0) is 20.0 Å². The van der Waals surface area contributed by atoms with Crippen LogP contribution in [0.4, 0.5) is 24.5 Å². The molecule has 0 saturated carbocycles. The van der Waals surface area contributed by atoms with E-state index in [1.54, 1.807) is 0 Å². The van der Waals surface area contributed by atoms with Crippen molar-refractivity contribution in [1.82, 2.24) is 4.90 Å². The van der Waals surface area contributed by atoms with E-state index in [9.17, 15) is 13.2 Å². The van der Waals surface area contributed by atoms with Crippen LogP contribution < -0.4 is 15.8 Å². The van der Waals surface area contributed by atoms with Crippen molar-refractivity contribution >= 4 is 11.4 Å². The summed E-state index contributed by atoms with van der Waals surface area (Å²) < 4.78 is 41.8. The van der Waals surface area contributed by atoms with Gasteiger partial charge in [-0.15, -0.1) is 0 Å². The molecule has 0 radical (unpaired) electrons. The number of nitrogens with one attached hydrogen (secondary N) is 1. The number of nitrogens with two attached hydrogens (primary N) is 1. The summed E-state index contributed by atoms with van der Waals surface area (Å²) >= 11 is 0. The minimum atomic E-state index is -3.07. The van der Waals surface area contributed by atoms with Crippen LogP contribution in [0.5, 0.6) is 5.75 Å². The molecule has 1 aromatic carbocycles. The molecule has 0 aliphatic carbocycles. The molecule has 1 aromatic rings. The highest BCUT2D eigenvalue weighted by Crippen LogP contribution is 2.30. The topological polar surface area (TPSA) is 50.5 Å². The van der Waals surface area contributed by atoms with Gasteiger partial charge in [-0.3, -0.25) is 0 Å². The summed E-state index contributed by atoms with van der Waals surface area (Å²) in [5, 5.41) is 3.12. The van der Waals surface area contributed by atoms with Crippen molar-refractivity contribution in [2.24, 2.45) is 0 Å². The van der Waals surface area contributed by atoms with Gasteiger partial charge < -0.3 is 20.7 Å². The lowest BCUT2D eigenvalue weighted by Crippen LogP contribution is -2.24. The van der Waals surface area contributed by atoms with Crippen LogP contribution in [0.15, 0.2) is 12.1 Å². The lowest BCUT2D eigenvalue weighted by Gasteiger charge is -2.17. The van der Waals surface area contributed by atoms with Gasteiger partial charge in [-0.1, -0.05) is 0 Å². The summed E-state index contributed by atoms with van der Waals surface area (Å²) in [6, 6.07) is 2.32. The van der Waals surface area contributed by atoms with E-state index in [1.165, 1.54) is 6.07 Å². The maximum atomic E-state index is 13.4. The summed E-state index contributed by atoms with van der Waals surface area (Å²) in [5.41, 5.74) is 6.26. The molecule has 1 atom stereocenters. The van der Waals surface area contributed by atoms with Crippen molar-refractivity contribution in [3.8, 4) is 5.75 Å². The molecule has 0 aromatic heterocycles. The summed E-state index contributed by atoms with van der Waals surface area (Å²) in [6.45, 7) is -1.30. The largest absolute Gasteiger partial charge is 0.432 e. The first-order valence-corrected chi connectivity index (χ1v) is 5.94. The lowest BCUT2D eigenvalue weighted by atomic mass is 10.2. The Morgan fingerprint density at radius 1 is 1.47 bits per heavy atom. The molecule has 2 rings (SSSR count). The minimum absolute atomic E-state index is 0.164. The molecule has 0 amide bonds. The second-order valence-electron chi connectivity index (χ2n) is 4.64. The zero-order valence-corrected chi connectivity index (χ0v) is 10.5. The maximum absolute atomic E-state index is 13.4. The third-order valence-corrected chi connectivity index (χ3v) is 3.07. The Balaban J connectivity index is 2.15. The van der Waals surface area contributed by atoms with Crippen molar-refractivity contribution in [2.75, 3.05) is 31.2 Å². The molecule has 19 heavy (non-hydrogen) atoms. The normalized spacial score (nSPS) is 19.9. The van der Waals surface area contributed by atoms with Gasteiger partial charge in [0, 0.05) is 24.7 Å². The van der Waals surface area contributed by atoms with Crippen molar-refractivity contribution in [3.05, 3.63) is 17.9 Å². The summed E-state index contributed by atoms with van der Waals surface area (Å²) in [4.78, 5) is 2.13. The van der Waals surface area contributed by atoms with Crippen LogP contribution in [-0.4, -0.2) is 37.7 Å². The first kappa shape index (κ1) is 13.8. The van der Waals surface area contributed by atoms with Gasteiger partial charge in [0.05, 0.1) is 11.4 Å². The van der Waals surface area contributed by atoms with E-state index in [2.05, 4.69) is 15.0 Å². The van der Waals surface area contributed by atoms with Crippen LogP contribution in [0.25, 0.3) is 0 Å². The van der Waals surface area contributed by atoms with E-state index in [0.29, 0.717) is 5.69 Å². The highest BCUT2D eigenvalue weighted by Gasteiger charge is 2.21. The number of nitrogen functional groups attached to an aromatic ring is 1. The fraction of sp³-hybridized carbons (Fsp3) is 0.500. The van der Waals surface area contributed by atoms with Crippen molar-refractivity contribution < 1.29 is 17.9 Å². The molecule has 1 saturated heterocycles. The molecule has 1 aliphatic heterocycles. The number of benzene rings is 1. The quantitative estimate of drug-likeness (QED) is 0.826.